The summed E-state index contributed by atoms with van der Waals surface area (Å²) >= 11 is 1.81. The minimum Gasteiger partial charge on any atom is -0.389 e. The van der Waals surface area contributed by atoms with Gasteiger partial charge in [-0.05, 0) is 44.4 Å². The summed E-state index contributed by atoms with van der Waals surface area (Å²) in [5.74, 6) is 0. The lowest BCUT2D eigenvalue weighted by Crippen LogP contribution is -2.32. The summed E-state index contributed by atoms with van der Waals surface area (Å²) in [7, 11) is 0. The SMILES string of the molecule is Cc1cccc2c1CC(C(C)(C)O)S2. The van der Waals surface area contributed by atoms with Gasteiger partial charge >= 0.3 is 0 Å². The van der Waals surface area contributed by atoms with Gasteiger partial charge in [0.05, 0.1) is 5.60 Å². The van der Waals surface area contributed by atoms with Crippen LogP contribution in [-0.2, 0) is 6.42 Å². The van der Waals surface area contributed by atoms with Crippen LogP contribution in [0.5, 0.6) is 0 Å². The molecule has 0 aliphatic carbocycles. The summed E-state index contributed by atoms with van der Waals surface area (Å²) in [5.41, 5.74) is 2.18. The molecular weight excluding hydrogens is 192 g/mol. The van der Waals surface area contributed by atoms with Crippen LogP contribution in [0.2, 0.25) is 0 Å². The van der Waals surface area contributed by atoms with Crippen molar-refractivity contribution in [1.82, 2.24) is 0 Å². The molecule has 14 heavy (non-hydrogen) atoms. The highest BCUT2D eigenvalue weighted by molar-refractivity contribution is 8.00. The average Bonchev–Trinajstić information content (AvgIpc) is 2.48. The second-order valence-electron chi connectivity index (χ2n) is 4.52. The molecule has 0 saturated carbocycles. The Balaban J connectivity index is 2.31. The van der Waals surface area contributed by atoms with Crippen molar-refractivity contribution in [2.45, 2.75) is 42.9 Å². The van der Waals surface area contributed by atoms with Crippen LogP contribution in [0.25, 0.3) is 0 Å². The average molecular weight is 208 g/mol. The van der Waals surface area contributed by atoms with E-state index in [1.54, 1.807) is 0 Å². The molecule has 0 bridgehead atoms. The quantitative estimate of drug-likeness (QED) is 0.766. The summed E-state index contributed by atoms with van der Waals surface area (Å²) < 4.78 is 0. The Labute approximate surface area is 89.5 Å². The Kier molecular flexibility index (Phi) is 2.36. The lowest BCUT2D eigenvalue weighted by atomic mass is 9.96. The molecule has 76 valence electrons. The third-order valence-corrected chi connectivity index (χ3v) is 4.48. The van der Waals surface area contributed by atoms with Gasteiger partial charge in [0.25, 0.3) is 0 Å². The highest BCUT2D eigenvalue weighted by Gasteiger charge is 2.33. The molecule has 0 aromatic heterocycles. The topological polar surface area (TPSA) is 20.2 Å². The maximum atomic E-state index is 9.96. The number of rotatable bonds is 1. The van der Waals surface area contributed by atoms with Crippen LogP contribution in [0.3, 0.4) is 0 Å². The maximum absolute atomic E-state index is 9.96. The first-order chi connectivity index (χ1) is 6.48. The van der Waals surface area contributed by atoms with Crippen LogP contribution in [0.4, 0.5) is 0 Å². The minimum atomic E-state index is -0.587. The number of hydrogen-bond donors (Lipinski definition) is 1. The van der Waals surface area contributed by atoms with Crippen LogP contribution >= 0.6 is 11.8 Å². The van der Waals surface area contributed by atoms with Crippen LogP contribution in [0.15, 0.2) is 23.1 Å². The van der Waals surface area contributed by atoms with Gasteiger partial charge in [-0.2, -0.15) is 0 Å². The number of benzene rings is 1. The molecule has 0 saturated heterocycles. The first-order valence-corrected chi connectivity index (χ1v) is 5.84. The van der Waals surface area contributed by atoms with Gasteiger partial charge in [0, 0.05) is 10.1 Å². The van der Waals surface area contributed by atoms with Gasteiger partial charge < -0.3 is 5.11 Å². The Hall–Kier alpha value is -0.470. The number of fused-ring (bicyclic) bond motifs is 1. The fourth-order valence-electron chi connectivity index (χ4n) is 1.82. The normalized spacial score (nSPS) is 21.0. The van der Waals surface area contributed by atoms with E-state index >= 15 is 0 Å². The Morgan fingerprint density at radius 1 is 1.43 bits per heavy atom. The smallest absolute Gasteiger partial charge is 0.0716 e. The van der Waals surface area contributed by atoms with Crippen molar-refractivity contribution in [1.29, 1.82) is 0 Å². The number of aryl methyl sites for hydroxylation is 1. The van der Waals surface area contributed by atoms with Crippen molar-refractivity contribution in [2.24, 2.45) is 0 Å². The van der Waals surface area contributed by atoms with Gasteiger partial charge in [-0.25, -0.2) is 0 Å². The third-order valence-electron chi connectivity index (χ3n) is 2.81. The van der Waals surface area contributed by atoms with Crippen LogP contribution in [0.1, 0.15) is 25.0 Å². The lowest BCUT2D eigenvalue weighted by Gasteiger charge is -2.24. The molecule has 1 heterocycles. The van der Waals surface area contributed by atoms with Crippen molar-refractivity contribution in [3.63, 3.8) is 0 Å². The zero-order valence-electron chi connectivity index (χ0n) is 8.87. The third kappa shape index (κ3) is 1.69. The molecule has 1 unspecified atom stereocenters. The molecule has 0 fully saturated rings. The van der Waals surface area contributed by atoms with Gasteiger partial charge in [0.15, 0.2) is 0 Å². The van der Waals surface area contributed by atoms with E-state index in [1.807, 2.05) is 25.6 Å². The molecule has 2 heteroatoms. The molecule has 1 atom stereocenters. The van der Waals surface area contributed by atoms with Gasteiger partial charge in [-0.1, -0.05) is 12.1 Å². The van der Waals surface area contributed by atoms with E-state index < -0.39 is 5.60 Å². The van der Waals surface area contributed by atoms with Crippen LogP contribution in [0, 0.1) is 6.92 Å². The monoisotopic (exact) mass is 208 g/mol. The molecule has 1 nitrogen and oxygen atoms in total. The summed E-state index contributed by atoms with van der Waals surface area (Å²) in [5, 5.41) is 10.3. The van der Waals surface area contributed by atoms with Gasteiger partial charge in [0.1, 0.15) is 0 Å². The van der Waals surface area contributed by atoms with Crippen LogP contribution in [-0.4, -0.2) is 16.0 Å². The molecule has 1 aliphatic rings. The molecule has 1 N–H and O–H groups in total. The molecule has 1 aliphatic heterocycles. The summed E-state index contributed by atoms with van der Waals surface area (Å²) in [6.45, 7) is 5.93. The molecule has 0 spiro atoms. The fraction of sp³-hybridized carbons (Fsp3) is 0.500. The summed E-state index contributed by atoms with van der Waals surface area (Å²) in [6.07, 6.45) is 0.996. The molecule has 1 aromatic carbocycles. The zero-order valence-corrected chi connectivity index (χ0v) is 9.69. The summed E-state index contributed by atoms with van der Waals surface area (Å²) in [6, 6.07) is 6.39. The predicted molar refractivity (Wildman–Crippen MR) is 60.8 cm³/mol. The molecule has 1 aromatic rings. The van der Waals surface area contributed by atoms with E-state index in [4.69, 9.17) is 0 Å². The van der Waals surface area contributed by atoms with E-state index in [-0.39, 0.29) is 0 Å². The van der Waals surface area contributed by atoms with E-state index in [9.17, 15) is 5.11 Å². The van der Waals surface area contributed by atoms with E-state index in [2.05, 4.69) is 25.1 Å². The van der Waals surface area contributed by atoms with Gasteiger partial charge in [-0.15, -0.1) is 11.8 Å². The first-order valence-electron chi connectivity index (χ1n) is 4.96. The van der Waals surface area contributed by atoms with Crippen molar-refractivity contribution >= 4 is 11.8 Å². The minimum absolute atomic E-state index is 0.304. The van der Waals surface area contributed by atoms with Gasteiger partial charge in [-0.3, -0.25) is 0 Å². The van der Waals surface area contributed by atoms with E-state index in [0.29, 0.717) is 5.25 Å². The van der Waals surface area contributed by atoms with Crippen molar-refractivity contribution in [3.05, 3.63) is 29.3 Å². The standard InChI is InChI=1S/C12H16OS/c1-8-5-4-6-10-9(8)7-11(14-10)12(2,3)13/h4-6,11,13H,7H2,1-3H3. The second-order valence-corrected chi connectivity index (χ2v) is 5.76. The Bertz CT molecular complexity index is 352. The van der Waals surface area contributed by atoms with E-state index in [1.165, 1.54) is 16.0 Å². The Morgan fingerprint density at radius 3 is 2.71 bits per heavy atom. The number of thioether (sulfide) groups is 1. The fourth-order valence-corrected chi connectivity index (χ4v) is 3.21. The predicted octanol–water partition coefficient (Wildman–Crippen LogP) is 2.78. The largest absolute Gasteiger partial charge is 0.389 e. The molecular formula is C12H16OS. The van der Waals surface area contributed by atoms with Crippen molar-refractivity contribution in [3.8, 4) is 0 Å². The molecule has 0 amide bonds. The lowest BCUT2D eigenvalue weighted by molar-refractivity contribution is 0.0786. The second kappa shape index (κ2) is 3.28. The zero-order chi connectivity index (χ0) is 10.3. The van der Waals surface area contributed by atoms with Gasteiger partial charge in [0.2, 0.25) is 0 Å². The molecule has 2 rings (SSSR count). The Morgan fingerprint density at radius 2 is 2.14 bits per heavy atom. The maximum Gasteiger partial charge on any atom is 0.0716 e. The van der Waals surface area contributed by atoms with E-state index in [0.717, 1.165) is 6.42 Å². The number of aliphatic hydroxyl groups is 1. The molecule has 0 radical (unpaired) electrons. The van der Waals surface area contributed by atoms with Crippen LogP contribution < -0.4 is 0 Å². The summed E-state index contributed by atoms with van der Waals surface area (Å²) in [4.78, 5) is 1.34. The van der Waals surface area contributed by atoms with Crippen molar-refractivity contribution < 1.29 is 5.11 Å². The number of hydrogen-bond acceptors (Lipinski definition) is 2. The highest BCUT2D eigenvalue weighted by atomic mass is 32.2. The first kappa shape index (κ1) is 10.1. The van der Waals surface area contributed by atoms with Crippen molar-refractivity contribution in [2.75, 3.05) is 0 Å². The highest BCUT2D eigenvalue weighted by Crippen LogP contribution is 2.42.